The first-order valence-electron chi connectivity index (χ1n) is 7.91. The van der Waals surface area contributed by atoms with Gasteiger partial charge in [0.1, 0.15) is 11.5 Å². The van der Waals surface area contributed by atoms with Crippen LogP contribution in [0.25, 0.3) is 0 Å². The van der Waals surface area contributed by atoms with Crippen LogP contribution >= 0.6 is 0 Å². The molecule has 2 aromatic rings. The van der Waals surface area contributed by atoms with E-state index in [4.69, 9.17) is 14.2 Å². The summed E-state index contributed by atoms with van der Waals surface area (Å²) >= 11 is 0. The van der Waals surface area contributed by atoms with Crippen LogP contribution in [-0.2, 0) is 11.3 Å². The lowest BCUT2D eigenvalue weighted by Gasteiger charge is -2.13. The van der Waals surface area contributed by atoms with E-state index in [2.05, 4.69) is 15.6 Å². The van der Waals surface area contributed by atoms with E-state index in [0.29, 0.717) is 24.8 Å². The Kier molecular flexibility index (Phi) is 7.03. The fourth-order valence-electron chi connectivity index (χ4n) is 2.09. The van der Waals surface area contributed by atoms with E-state index in [1.807, 2.05) is 37.3 Å². The molecule has 1 aromatic heterocycles. The Morgan fingerprint density at radius 2 is 1.84 bits per heavy atom. The molecule has 1 heterocycles. The molecule has 0 unspecified atom stereocenters. The van der Waals surface area contributed by atoms with Crippen molar-refractivity contribution in [2.24, 2.45) is 0 Å². The zero-order valence-corrected chi connectivity index (χ0v) is 14.6. The molecule has 1 aromatic carbocycles. The van der Waals surface area contributed by atoms with Gasteiger partial charge in [-0.15, -0.1) is 0 Å². The van der Waals surface area contributed by atoms with Crippen LogP contribution in [0.5, 0.6) is 17.4 Å². The van der Waals surface area contributed by atoms with Crippen molar-refractivity contribution in [1.82, 2.24) is 15.6 Å². The van der Waals surface area contributed by atoms with Crippen LogP contribution in [0.3, 0.4) is 0 Å². The molecule has 25 heavy (non-hydrogen) atoms. The van der Waals surface area contributed by atoms with Crippen LogP contribution in [0.15, 0.2) is 42.6 Å². The van der Waals surface area contributed by atoms with Gasteiger partial charge in [0, 0.05) is 25.9 Å². The number of urea groups is 1. The maximum Gasteiger partial charge on any atom is 0.315 e. The molecule has 1 atom stereocenters. The molecule has 0 radical (unpaired) electrons. The zero-order valence-electron chi connectivity index (χ0n) is 14.6. The van der Waals surface area contributed by atoms with Crippen LogP contribution in [0.2, 0.25) is 0 Å². The minimum Gasteiger partial charge on any atom is -0.497 e. The van der Waals surface area contributed by atoms with Crippen molar-refractivity contribution in [3.8, 4) is 17.4 Å². The first-order valence-corrected chi connectivity index (χ1v) is 7.91. The standard InChI is InChI=1S/C18H23N3O4/c1-13(12-23-2)21-18(22)20-11-14-4-9-17(19-10-14)25-16-7-5-15(24-3)6-8-16/h4-10,13H,11-12H2,1-3H3,(H2,20,21,22)/t13-/m0/s1. The topological polar surface area (TPSA) is 81.7 Å². The Morgan fingerprint density at radius 3 is 2.44 bits per heavy atom. The summed E-state index contributed by atoms with van der Waals surface area (Å²) in [6, 6.07) is 10.6. The number of pyridine rings is 1. The smallest absolute Gasteiger partial charge is 0.315 e. The summed E-state index contributed by atoms with van der Waals surface area (Å²) in [5.74, 6) is 1.91. The van der Waals surface area contributed by atoms with Gasteiger partial charge < -0.3 is 24.8 Å². The molecule has 0 aliphatic carbocycles. The van der Waals surface area contributed by atoms with E-state index in [9.17, 15) is 4.79 Å². The molecule has 0 saturated carbocycles. The van der Waals surface area contributed by atoms with Crippen LogP contribution < -0.4 is 20.1 Å². The third-order valence-corrected chi connectivity index (χ3v) is 3.33. The molecular weight excluding hydrogens is 322 g/mol. The lowest BCUT2D eigenvalue weighted by Crippen LogP contribution is -2.42. The average molecular weight is 345 g/mol. The van der Waals surface area contributed by atoms with Crippen LogP contribution in [0.4, 0.5) is 4.79 Å². The number of carbonyl (C=O) groups is 1. The molecule has 0 fully saturated rings. The number of methoxy groups -OCH3 is 2. The molecule has 7 heteroatoms. The van der Waals surface area contributed by atoms with E-state index in [0.717, 1.165) is 11.3 Å². The fourth-order valence-corrected chi connectivity index (χ4v) is 2.09. The Hall–Kier alpha value is -2.80. The van der Waals surface area contributed by atoms with Gasteiger partial charge in [-0.1, -0.05) is 6.07 Å². The molecule has 2 N–H and O–H groups in total. The van der Waals surface area contributed by atoms with Crippen molar-refractivity contribution in [3.05, 3.63) is 48.2 Å². The van der Waals surface area contributed by atoms with Gasteiger partial charge in [0.25, 0.3) is 0 Å². The lowest BCUT2D eigenvalue weighted by molar-refractivity contribution is 0.171. The third-order valence-electron chi connectivity index (χ3n) is 3.33. The minimum absolute atomic E-state index is 0.0524. The first kappa shape index (κ1) is 18.5. The van der Waals surface area contributed by atoms with Gasteiger partial charge in [-0.25, -0.2) is 9.78 Å². The third kappa shape index (κ3) is 6.31. The number of carbonyl (C=O) groups excluding carboxylic acids is 1. The lowest BCUT2D eigenvalue weighted by atomic mass is 10.3. The monoisotopic (exact) mass is 345 g/mol. The predicted octanol–water partition coefficient (Wildman–Crippen LogP) is 2.72. The van der Waals surface area contributed by atoms with Crippen LogP contribution in [-0.4, -0.2) is 37.9 Å². The van der Waals surface area contributed by atoms with Gasteiger partial charge in [-0.3, -0.25) is 0 Å². The summed E-state index contributed by atoms with van der Waals surface area (Å²) in [5, 5.41) is 5.54. The molecule has 134 valence electrons. The number of hydrogen-bond donors (Lipinski definition) is 2. The summed E-state index contributed by atoms with van der Waals surface area (Å²) in [6.07, 6.45) is 1.66. The quantitative estimate of drug-likeness (QED) is 0.769. The highest BCUT2D eigenvalue weighted by atomic mass is 16.5. The van der Waals surface area contributed by atoms with Crippen molar-refractivity contribution >= 4 is 6.03 Å². The fraction of sp³-hybridized carbons (Fsp3) is 0.333. The normalized spacial score (nSPS) is 11.5. The Labute approximate surface area is 147 Å². The van der Waals surface area contributed by atoms with Crippen LogP contribution in [0, 0.1) is 0 Å². The molecule has 7 nitrogen and oxygen atoms in total. The maximum absolute atomic E-state index is 11.7. The van der Waals surface area contributed by atoms with E-state index in [1.54, 1.807) is 26.5 Å². The Bertz CT molecular complexity index is 659. The van der Waals surface area contributed by atoms with Gasteiger partial charge >= 0.3 is 6.03 Å². The highest BCUT2D eigenvalue weighted by Gasteiger charge is 2.06. The number of rotatable bonds is 8. The number of nitrogens with one attached hydrogen (secondary N) is 2. The highest BCUT2D eigenvalue weighted by Crippen LogP contribution is 2.22. The summed E-state index contributed by atoms with van der Waals surface area (Å²) in [5.41, 5.74) is 0.872. The van der Waals surface area contributed by atoms with Crippen molar-refractivity contribution in [1.29, 1.82) is 0 Å². The largest absolute Gasteiger partial charge is 0.497 e. The van der Waals surface area contributed by atoms with Gasteiger partial charge in [0.15, 0.2) is 0 Å². The van der Waals surface area contributed by atoms with Crippen LogP contribution in [0.1, 0.15) is 12.5 Å². The van der Waals surface area contributed by atoms with E-state index < -0.39 is 0 Å². The number of nitrogens with zero attached hydrogens (tertiary/aromatic N) is 1. The highest BCUT2D eigenvalue weighted by molar-refractivity contribution is 5.74. The van der Waals surface area contributed by atoms with E-state index in [-0.39, 0.29) is 12.1 Å². The average Bonchev–Trinajstić information content (AvgIpc) is 2.62. The number of ether oxygens (including phenoxy) is 3. The Balaban J connectivity index is 1.81. The van der Waals surface area contributed by atoms with Gasteiger partial charge in [0.05, 0.1) is 19.8 Å². The molecule has 0 saturated heterocycles. The molecular formula is C18H23N3O4. The van der Waals surface area contributed by atoms with E-state index in [1.165, 1.54) is 0 Å². The molecule has 0 spiro atoms. The summed E-state index contributed by atoms with van der Waals surface area (Å²) in [4.78, 5) is 16.0. The number of aromatic nitrogens is 1. The number of hydrogen-bond acceptors (Lipinski definition) is 5. The zero-order chi connectivity index (χ0) is 18.1. The van der Waals surface area contributed by atoms with E-state index >= 15 is 0 Å². The second kappa shape index (κ2) is 9.48. The molecule has 0 bridgehead atoms. The van der Waals surface area contributed by atoms with Crippen molar-refractivity contribution in [2.45, 2.75) is 19.5 Å². The second-order valence-electron chi connectivity index (χ2n) is 5.47. The predicted molar refractivity (Wildman–Crippen MR) is 94.0 cm³/mol. The first-order chi connectivity index (χ1) is 12.1. The SMILES string of the molecule is COC[C@H](C)NC(=O)NCc1ccc(Oc2ccc(OC)cc2)nc1. The summed E-state index contributed by atoms with van der Waals surface area (Å²) in [7, 11) is 3.21. The van der Waals surface area contributed by atoms with Gasteiger partial charge in [0.2, 0.25) is 5.88 Å². The van der Waals surface area contributed by atoms with Crippen molar-refractivity contribution in [3.63, 3.8) is 0 Å². The number of amides is 2. The Morgan fingerprint density at radius 1 is 1.12 bits per heavy atom. The van der Waals surface area contributed by atoms with Crippen molar-refractivity contribution in [2.75, 3.05) is 20.8 Å². The molecule has 2 amide bonds. The van der Waals surface area contributed by atoms with Crippen molar-refractivity contribution < 1.29 is 19.0 Å². The summed E-state index contributed by atoms with van der Waals surface area (Å²) in [6.45, 7) is 2.71. The summed E-state index contributed by atoms with van der Waals surface area (Å²) < 4.78 is 15.7. The van der Waals surface area contributed by atoms with Gasteiger partial charge in [-0.05, 0) is 36.8 Å². The van der Waals surface area contributed by atoms with Gasteiger partial charge in [-0.2, -0.15) is 0 Å². The molecule has 0 aliphatic rings. The second-order valence-corrected chi connectivity index (χ2v) is 5.47. The number of benzene rings is 1. The minimum atomic E-state index is -0.247. The molecule has 0 aliphatic heterocycles. The molecule has 2 rings (SSSR count). The maximum atomic E-state index is 11.7.